The highest BCUT2D eigenvalue weighted by molar-refractivity contribution is 8.76. The highest BCUT2D eigenvalue weighted by atomic mass is 33.1. The van der Waals surface area contributed by atoms with E-state index in [0.717, 1.165) is 12.2 Å². The molecule has 0 aromatic heterocycles. The van der Waals surface area contributed by atoms with E-state index in [0.29, 0.717) is 18.8 Å². The van der Waals surface area contributed by atoms with Crippen molar-refractivity contribution in [3.8, 4) is 0 Å². The van der Waals surface area contributed by atoms with Crippen LogP contribution in [0.15, 0.2) is 0 Å². The second-order valence-corrected chi connectivity index (χ2v) is 21.9. The first-order chi connectivity index (χ1) is 40.3. The number of hydrogen-bond donors (Lipinski definition) is 26. The van der Waals surface area contributed by atoms with Gasteiger partial charge in [0.1, 0.15) is 66.5 Å². The fourth-order valence-electron chi connectivity index (χ4n) is 3.11. The van der Waals surface area contributed by atoms with Crippen molar-refractivity contribution in [3.63, 3.8) is 0 Å². The zero-order valence-corrected chi connectivity index (χ0v) is 53.3. The van der Waals surface area contributed by atoms with Crippen molar-refractivity contribution < 1.29 is 139 Å². The zero-order valence-electron chi connectivity index (χ0n) is 50.8. The maximum atomic E-state index is 10.3. The Morgan fingerprint density at radius 2 is 0.708 bits per heavy atom. The minimum absolute atomic E-state index is 0.0208. The molecule has 0 fully saturated rings. The Hall–Kier alpha value is -6.36. The van der Waals surface area contributed by atoms with Gasteiger partial charge in [-0.3, -0.25) is 62.3 Å². The van der Waals surface area contributed by atoms with Gasteiger partial charge >= 0.3 is 77.6 Å². The van der Waals surface area contributed by atoms with E-state index in [1.165, 1.54) is 35.4 Å². The number of aliphatic hydroxyl groups excluding tert-OH is 2. The van der Waals surface area contributed by atoms with E-state index in [1.54, 1.807) is 25.6 Å². The number of aliphatic hydroxyl groups is 2. The number of carboxylic acid groups (broad SMARTS) is 13. The van der Waals surface area contributed by atoms with Crippen molar-refractivity contribution in [2.75, 3.05) is 30.1 Å². The molecule has 0 saturated carbocycles. The van der Waals surface area contributed by atoms with Crippen molar-refractivity contribution in [2.45, 2.75) is 166 Å². The largest absolute Gasteiger partial charge is 0.481 e. The van der Waals surface area contributed by atoms with Crippen molar-refractivity contribution in [2.24, 2.45) is 80.8 Å². The first kappa shape index (κ1) is 104. The molecule has 0 heterocycles. The van der Waals surface area contributed by atoms with Crippen LogP contribution in [0.1, 0.15) is 93.9 Å². The third-order valence-electron chi connectivity index (χ3n) is 9.16. The minimum Gasteiger partial charge on any atom is -0.481 e. The van der Waals surface area contributed by atoms with Crippen molar-refractivity contribution >= 4 is 111 Å². The molecule has 0 aliphatic carbocycles. The Morgan fingerprint density at radius 3 is 0.843 bits per heavy atom. The van der Waals surface area contributed by atoms with Gasteiger partial charge in [-0.1, -0.05) is 69.6 Å². The molecule has 0 rings (SSSR count). The molecule has 0 aliphatic heterocycles. The number of hydrogen-bond acceptors (Lipinski definition) is 29. The summed E-state index contributed by atoms with van der Waals surface area (Å²) in [7, 11) is 2.41. The molecule has 0 spiro atoms. The summed E-state index contributed by atoms with van der Waals surface area (Å²) in [6.07, 6.45) is 2.11. The molecular weight excluding hydrogens is 1260 g/mol. The summed E-state index contributed by atoms with van der Waals surface area (Å²) >= 11 is 1.60. The van der Waals surface area contributed by atoms with Gasteiger partial charge in [-0.2, -0.15) is 11.8 Å². The summed E-state index contributed by atoms with van der Waals surface area (Å²) in [5.74, 6) is -12.1. The molecule has 13 atom stereocenters. The number of thioether (sulfide) groups is 1. The molecule has 0 saturated heterocycles. The normalized spacial score (nSPS) is 14.2. The standard InChI is InChI=1S/C6H12N2O4S2.2C6H13NO2.C5H9NO4.C5H11NO2S.C5H11NO2.C4H7NO4.C4H9NO3.C3H7NO3.C3H7NO2/c7-3(5(9)10)1-13-14-2-4(8)6(11)12;1-4(2)3-5(7)6(8)9;1-3-4(2)5(7)6(8)9;6-3(5(9)10)1-2-4(7)8;1-9-3-2-4(6)5(7)8;1-3(2)4(6)5(7)8;5-2(4(8)9)1-3(6)7;1-2(6)3(5)4(7)8;4-2(1-5)3(6)7;1-2(4)3(5)6/h3-4H,1-2,7-8H2,(H,9,10)(H,11,12);2*4-5H,3,7H2,1-2H3,(H,8,9);3H,1-2,6H2,(H,7,8)(H,9,10);4H,2-3,6H2,1H3,(H,7,8);3-4H,6H2,1-2H3,(H,7,8);2H,1,5H2,(H,6,7)(H,8,9);2-3,6H,5H2,1H3,(H,7,8);2,5H,1,4H2,(H,6,7);2H,4H2,1H3,(H,5,6)/t3-,4-;5-;4-,5-;3-;2*4-;2-;2-,3+;2*2-/m0000000100/s1. The van der Waals surface area contributed by atoms with Gasteiger partial charge in [-0.15, -0.1) is 0 Å². The lowest BCUT2D eigenvalue weighted by Crippen LogP contribution is -2.39. The van der Waals surface area contributed by atoms with Crippen LogP contribution in [-0.2, 0) is 62.3 Å². The molecule has 0 aliphatic rings. The molecule has 89 heavy (non-hydrogen) atoms. The van der Waals surface area contributed by atoms with Crippen LogP contribution in [0.4, 0.5) is 0 Å². The SMILES string of the molecule is CC(C)C[C@H](N)C(=O)O.CC(C)[C@H](N)C(=O)O.CC[C@H](C)[C@H](N)C(=O)O.CSCC[C@H](N)C(=O)O.C[C@@H](O)[C@H](N)C(=O)O.C[C@H](N)C(=O)O.N[C@@H](CC(=O)O)C(=O)O.N[C@@H](CCC(=O)O)C(=O)O.N[C@@H](CO)C(=O)O.N[C@@H](CSSC[C@H](N)C(=O)O)C(=O)O. The zero-order chi connectivity index (χ0) is 73.4. The lowest BCUT2D eigenvalue weighted by molar-refractivity contribution is -0.144. The van der Waals surface area contributed by atoms with Gasteiger partial charge < -0.3 is 140 Å². The molecule has 42 heteroatoms. The molecular formula is C47H99N11O28S3. The maximum absolute atomic E-state index is 10.3. The number of nitrogens with two attached hydrogens (primary N) is 11. The summed E-state index contributed by atoms with van der Waals surface area (Å²) in [4.78, 5) is 129. The number of rotatable bonds is 31. The summed E-state index contributed by atoms with van der Waals surface area (Å²) < 4.78 is 0. The lowest BCUT2D eigenvalue weighted by atomic mass is 10.0. The third-order valence-corrected chi connectivity index (χ3v) is 12.3. The summed E-state index contributed by atoms with van der Waals surface area (Å²) in [6, 6.07) is -9.99. The second-order valence-electron chi connectivity index (χ2n) is 18.4. The highest BCUT2D eigenvalue weighted by Crippen LogP contribution is 2.22. The molecule has 37 N–H and O–H groups in total. The number of carboxylic acids is 13. The van der Waals surface area contributed by atoms with Crippen LogP contribution in [-0.4, -0.2) is 257 Å². The van der Waals surface area contributed by atoms with Crippen LogP contribution in [0.3, 0.4) is 0 Å². The lowest BCUT2D eigenvalue weighted by Gasteiger charge is -2.11. The van der Waals surface area contributed by atoms with Gasteiger partial charge in [0.05, 0.1) is 19.1 Å². The van der Waals surface area contributed by atoms with E-state index < -0.39 is 163 Å². The minimum atomic E-state index is -1.29. The van der Waals surface area contributed by atoms with Crippen LogP contribution in [0, 0.1) is 17.8 Å². The van der Waals surface area contributed by atoms with E-state index in [2.05, 4.69) is 0 Å². The smallest absolute Gasteiger partial charge is 0.323 e. The highest BCUT2D eigenvalue weighted by Gasteiger charge is 2.20. The maximum Gasteiger partial charge on any atom is 0.323 e. The fourth-order valence-corrected chi connectivity index (χ4v) is 5.82. The van der Waals surface area contributed by atoms with Crippen molar-refractivity contribution in [1.82, 2.24) is 0 Å². The molecule has 0 aromatic rings. The van der Waals surface area contributed by atoms with Gasteiger partial charge in [0, 0.05) is 17.9 Å². The van der Waals surface area contributed by atoms with Gasteiger partial charge in [0.25, 0.3) is 0 Å². The van der Waals surface area contributed by atoms with E-state index >= 15 is 0 Å². The van der Waals surface area contributed by atoms with Gasteiger partial charge in [-0.05, 0) is 62.9 Å². The Morgan fingerprint density at radius 1 is 0.393 bits per heavy atom. The Kier molecular flexibility index (Phi) is 75.8. The first-order valence-corrected chi connectivity index (χ1v) is 29.4. The monoisotopic (exact) mass is 1360 g/mol. The first-order valence-electron chi connectivity index (χ1n) is 25.5. The average Bonchev–Trinajstić information content (AvgIpc) is 3.42. The Labute approximate surface area is 525 Å². The summed E-state index contributed by atoms with van der Waals surface area (Å²) in [5.41, 5.74) is 55.6. The molecule has 0 unspecified atom stereocenters. The summed E-state index contributed by atoms with van der Waals surface area (Å²) in [5, 5.41) is 123. The Balaban J connectivity index is -0.0000000981. The van der Waals surface area contributed by atoms with Crippen LogP contribution >= 0.6 is 33.3 Å². The molecule has 0 radical (unpaired) electrons. The van der Waals surface area contributed by atoms with E-state index in [1.807, 2.05) is 34.0 Å². The van der Waals surface area contributed by atoms with Crippen molar-refractivity contribution in [1.29, 1.82) is 0 Å². The van der Waals surface area contributed by atoms with E-state index in [-0.39, 0.29) is 36.2 Å². The predicted octanol–water partition coefficient (Wildman–Crippen LogP) is -4.99. The quantitative estimate of drug-likeness (QED) is 0.0228. The van der Waals surface area contributed by atoms with Crippen LogP contribution in [0.25, 0.3) is 0 Å². The molecule has 0 amide bonds. The number of carbonyl (C=O) groups is 13. The van der Waals surface area contributed by atoms with Crippen LogP contribution in [0.5, 0.6) is 0 Å². The Bertz CT molecular complexity index is 1960. The number of aliphatic carboxylic acids is 13. The molecule has 0 aromatic carbocycles. The van der Waals surface area contributed by atoms with Crippen LogP contribution < -0.4 is 63.1 Å². The van der Waals surface area contributed by atoms with Gasteiger partial charge in [-0.25, -0.2) is 0 Å². The fraction of sp³-hybridized carbons (Fsp3) is 0.723. The van der Waals surface area contributed by atoms with Gasteiger partial charge in [0.2, 0.25) is 0 Å². The van der Waals surface area contributed by atoms with E-state index in [4.69, 9.17) is 140 Å². The van der Waals surface area contributed by atoms with Gasteiger partial charge in [0.15, 0.2) is 0 Å². The molecule has 0 bridgehead atoms. The predicted molar refractivity (Wildman–Crippen MR) is 327 cm³/mol. The third kappa shape index (κ3) is 85.9. The summed E-state index contributed by atoms with van der Waals surface area (Å²) in [6.45, 7) is 13.5. The van der Waals surface area contributed by atoms with E-state index in [9.17, 15) is 62.3 Å². The second kappa shape index (κ2) is 64.6. The average molecular weight is 1360 g/mol. The molecule has 39 nitrogen and oxygen atoms in total. The van der Waals surface area contributed by atoms with Crippen molar-refractivity contribution in [3.05, 3.63) is 0 Å². The topological polar surface area (TPSA) is 812 Å². The molecule has 528 valence electrons. The van der Waals surface area contributed by atoms with Crippen LogP contribution in [0.2, 0.25) is 0 Å².